The van der Waals surface area contributed by atoms with Crippen LogP contribution in [0.3, 0.4) is 0 Å². The highest BCUT2D eigenvalue weighted by molar-refractivity contribution is 6.30. The van der Waals surface area contributed by atoms with E-state index in [2.05, 4.69) is 4.98 Å². The molecule has 0 saturated carbocycles. The zero-order chi connectivity index (χ0) is 18.0. The first-order valence-corrected chi connectivity index (χ1v) is 8.08. The SMILES string of the molecule is CCc1cccc2c(C(=O)COc3ccc(Cl)cc3[N+](=O)[O-])c[nH]c12. The number of aromatic amines is 1. The molecule has 6 nitrogen and oxygen atoms in total. The molecule has 1 N–H and O–H groups in total. The Morgan fingerprint density at radius 1 is 1.32 bits per heavy atom. The van der Waals surface area contributed by atoms with E-state index in [4.69, 9.17) is 16.3 Å². The van der Waals surface area contributed by atoms with Gasteiger partial charge in [0.05, 0.1) is 4.92 Å². The first kappa shape index (κ1) is 17.0. The van der Waals surface area contributed by atoms with Gasteiger partial charge in [-0.15, -0.1) is 0 Å². The molecule has 0 aliphatic carbocycles. The molecule has 2 aromatic carbocycles. The Labute approximate surface area is 148 Å². The zero-order valence-electron chi connectivity index (χ0n) is 13.4. The lowest BCUT2D eigenvalue weighted by Crippen LogP contribution is -2.12. The molecule has 0 bridgehead atoms. The van der Waals surface area contributed by atoms with Crippen LogP contribution in [0.25, 0.3) is 10.9 Å². The summed E-state index contributed by atoms with van der Waals surface area (Å²) in [5.74, 6) is -0.249. The molecule has 3 rings (SSSR count). The maximum absolute atomic E-state index is 12.5. The van der Waals surface area contributed by atoms with Crippen molar-refractivity contribution in [2.24, 2.45) is 0 Å². The van der Waals surface area contributed by atoms with Crippen molar-refractivity contribution in [3.05, 3.63) is 68.9 Å². The van der Waals surface area contributed by atoms with Crippen LogP contribution in [0, 0.1) is 10.1 Å². The molecule has 3 aromatic rings. The maximum Gasteiger partial charge on any atom is 0.312 e. The van der Waals surface area contributed by atoms with Gasteiger partial charge in [0.15, 0.2) is 12.4 Å². The molecule has 1 aromatic heterocycles. The fraction of sp³-hybridized carbons (Fsp3) is 0.167. The lowest BCUT2D eigenvalue weighted by Gasteiger charge is -2.06. The molecular weight excluding hydrogens is 344 g/mol. The van der Waals surface area contributed by atoms with Crippen LogP contribution >= 0.6 is 11.6 Å². The first-order chi connectivity index (χ1) is 12.0. The summed E-state index contributed by atoms with van der Waals surface area (Å²) in [7, 11) is 0. The Kier molecular flexibility index (Phi) is 4.72. The number of carbonyl (C=O) groups is 1. The normalized spacial score (nSPS) is 10.8. The second kappa shape index (κ2) is 6.94. The Bertz CT molecular complexity index is 965. The number of nitro groups is 1. The van der Waals surface area contributed by atoms with Crippen LogP contribution in [0.5, 0.6) is 5.75 Å². The minimum atomic E-state index is -0.592. The van der Waals surface area contributed by atoms with Crippen molar-refractivity contribution in [3.63, 3.8) is 0 Å². The highest BCUT2D eigenvalue weighted by atomic mass is 35.5. The van der Waals surface area contributed by atoms with Gasteiger partial charge in [-0.25, -0.2) is 0 Å². The van der Waals surface area contributed by atoms with Gasteiger partial charge in [-0.3, -0.25) is 14.9 Å². The van der Waals surface area contributed by atoms with Crippen molar-refractivity contribution in [1.82, 2.24) is 4.98 Å². The summed E-state index contributed by atoms with van der Waals surface area (Å²) in [6.07, 6.45) is 2.49. The van der Waals surface area contributed by atoms with E-state index in [1.54, 1.807) is 6.20 Å². The van der Waals surface area contributed by atoms with Gasteiger partial charge < -0.3 is 9.72 Å². The van der Waals surface area contributed by atoms with E-state index in [0.29, 0.717) is 5.56 Å². The molecule has 25 heavy (non-hydrogen) atoms. The molecule has 128 valence electrons. The van der Waals surface area contributed by atoms with E-state index >= 15 is 0 Å². The number of ketones is 1. The number of H-pyrrole nitrogens is 1. The van der Waals surface area contributed by atoms with Crippen LogP contribution in [-0.4, -0.2) is 22.3 Å². The Hall–Kier alpha value is -2.86. The molecule has 0 aliphatic rings. The molecule has 0 unspecified atom stereocenters. The van der Waals surface area contributed by atoms with Gasteiger partial charge in [-0.1, -0.05) is 36.7 Å². The number of hydrogen-bond acceptors (Lipinski definition) is 4. The molecule has 0 aliphatic heterocycles. The zero-order valence-corrected chi connectivity index (χ0v) is 14.2. The number of para-hydroxylation sites is 1. The topological polar surface area (TPSA) is 85.2 Å². The smallest absolute Gasteiger partial charge is 0.312 e. The summed E-state index contributed by atoms with van der Waals surface area (Å²) in [4.78, 5) is 26.1. The van der Waals surface area contributed by atoms with Gasteiger partial charge in [-0.2, -0.15) is 0 Å². The average molecular weight is 359 g/mol. The standard InChI is InChI=1S/C18H15ClN2O4/c1-2-11-4-3-5-13-14(9-20-18(11)13)16(22)10-25-17-7-6-12(19)8-15(17)21(23)24/h3-9,20H,2,10H2,1H3. The monoisotopic (exact) mass is 358 g/mol. The molecule has 0 atom stereocenters. The predicted molar refractivity (Wildman–Crippen MR) is 95.6 cm³/mol. The van der Waals surface area contributed by atoms with Crippen molar-refractivity contribution in [1.29, 1.82) is 0 Å². The second-order valence-corrected chi connectivity index (χ2v) is 5.91. The number of carbonyl (C=O) groups excluding carboxylic acids is 1. The van der Waals surface area contributed by atoms with E-state index in [9.17, 15) is 14.9 Å². The van der Waals surface area contributed by atoms with Crippen molar-refractivity contribution in [3.8, 4) is 5.75 Å². The average Bonchev–Trinajstić information content (AvgIpc) is 3.04. The van der Waals surface area contributed by atoms with Crippen LogP contribution < -0.4 is 4.74 Å². The third-order valence-corrected chi connectivity index (χ3v) is 4.19. The van der Waals surface area contributed by atoms with E-state index in [-0.39, 0.29) is 28.8 Å². The number of rotatable bonds is 6. The number of nitrogens with zero attached hydrogens (tertiary/aromatic N) is 1. The molecule has 1 heterocycles. The number of Topliss-reactive ketones (excluding diaryl/α,β-unsaturated/α-hetero) is 1. The van der Waals surface area contributed by atoms with Crippen molar-refractivity contribution < 1.29 is 14.5 Å². The number of nitrogens with one attached hydrogen (secondary N) is 1. The Balaban J connectivity index is 1.84. The summed E-state index contributed by atoms with van der Waals surface area (Å²) in [6, 6.07) is 9.83. The van der Waals surface area contributed by atoms with Gasteiger partial charge in [0.1, 0.15) is 0 Å². The van der Waals surface area contributed by atoms with Gasteiger partial charge in [0, 0.05) is 33.8 Å². The summed E-state index contributed by atoms with van der Waals surface area (Å²) in [6.45, 7) is 1.74. The van der Waals surface area contributed by atoms with Crippen LogP contribution in [0.4, 0.5) is 5.69 Å². The predicted octanol–water partition coefficient (Wildman–Crippen LogP) is 4.55. The van der Waals surface area contributed by atoms with Crippen molar-refractivity contribution in [2.45, 2.75) is 13.3 Å². The fourth-order valence-electron chi connectivity index (χ4n) is 2.72. The third-order valence-electron chi connectivity index (χ3n) is 3.96. The third kappa shape index (κ3) is 3.34. The Morgan fingerprint density at radius 2 is 2.12 bits per heavy atom. The van der Waals surface area contributed by atoms with Crippen molar-refractivity contribution in [2.75, 3.05) is 6.61 Å². The number of aryl methyl sites for hydroxylation is 1. The van der Waals surface area contributed by atoms with E-state index in [1.807, 2.05) is 25.1 Å². The van der Waals surface area contributed by atoms with E-state index < -0.39 is 4.92 Å². The molecule has 7 heteroatoms. The minimum absolute atomic E-state index is 0.0110. The fourth-order valence-corrected chi connectivity index (χ4v) is 2.89. The molecule has 0 spiro atoms. The van der Waals surface area contributed by atoms with Gasteiger partial charge >= 0.3 is 5.69 Å². The number of aromatic nitrogens is 1. The van der Waals surface area contributed by atoms with E-state index in [0.717, 1.165) is 22.9 Å². The first-order valence-electron chi connectivity index (χ1n) is 7.70. The molecule has 0 radical (unpaired) electrons. The van der Waals surface area contributed by atoms with Crippen LogP contribution in [0.15, 0.2) is 42.6 Å². The largest absolute Gasteiger partial charge is 0.478 e. The molecule has 0 saturated heterocycles. The number of hydrogen-bond donors (Lipinski definition) is 1. The molecule has 0 amide bonds. The summed E-state index contributed by atoms with van der Waals surface area (Å²) >= 11 is 5.77. The van der Waals surface area contributed by atoms with Gasteiger partial charge in [-0.05, 0) is 24.1 Å². The second-order valence-electron chi connectivity index (χ2n) is 5.48. The van der Waals surface area contributed by atoms with Crippen molar-refractivity contribution >= 4 is 34.0 Å². The lowest BCUT2D eigenvalue weighted by molar-refractivity contribution is -0.385. The van der Waals surface area contributed by atoms with Crippen LogP contribution in [0.1, 0.15) is 22.8 Å². The minimum Gasteiger partial charge on any atom is -0.478 e. The van der Waals surface area contributed by atoms with Crippen LogP contribution in [-0.2, 0) is 6.42 Å². The number of ether oxygens (including phenoxy) is 1. The number of nitro benzene ring substituents is 1. The number of halogens is 1. The highest BCUT2D eigenvalue weighted by Crippen LogP contribution is 2.30. The lowest BCUT2D eigenvalue weighted by atomic mass is 10.1. The highest BCUT2D eigenvalue weighted by Gasteiger charge is 2.19. The summed E-state index contributed by atoms with van der Waals surface area (Å²) in [5, 5.41) is 12.1. The number of fused-ring (bicyclic) bond motifs is 1. The van der Waals surface area contributed by atoms with Crippen LogP contribution in [0.2, 0.25) is 5.02 Å². The molecular formula is C18H15ClN2O4. The quantitative estimate of drug-likeness (QED) is 0.398. The molecule has 0 fully saturated rings. The van der Waals surface area contributed by atoms with Gasteiger partial charge in [0.2, 0.25) is 5.78 Å². The number of benzene rings is 2. The summed E-state index contributed by atoms with van der Waals surface area (Å²) in [5.41, 5.74) is 2.27. The Morgan fingerprint density at radius 3 is 2.84 bits per heavy atom. The summed E-state index contributed by atoms with van der Waals surface area (Å²) < 4.78 is 5.38. The van der Waals surface area contributed by atoms with Gasteiger partial charge in [0.25, 0.3) is 0 Å². The maximum atomic E-state index is 12.5. The van der Waals surface area contributed by atoms with E-state index in [1.165, 1.54) is 18.2 Å².